The number of fused-ring (bicyclic) bond motifs is 1. The maximum Gasteiger partial charge on any atom is 0.224 e. The maximum atomic E-state index is 13.3. The number of benzene rings is 1. The van der Waals surface area contributed by atoms with Gasteiger partial charge in [-0.1, -0.05) is 13.3 Å². The number of primary amides is 1. The lowest BCUT2D eigenvalue weighted by Crippen LogP contribution is -2.30. The lowest BCUT2D eigenvalue weighted by atomic mass is 9.83. The van der Waals surface area contributed by atoms with Crippen LogP contribution in [0, 0.1) is 11.2 Å². The van der Waals surface area contributed by atoms with Gasteiger partial charge in [0.15, 0.2) is 0 Å². The summed E-state index contributed by atoms with van der Waals surface area (Å²) in [5.41, 5.74) is 5.78. The Labute approximate surface area is 116 Å². The average Bonchev–Trinajstić information content (AvgIpc) is 3.10. The summed E-state index contributed by atoms with van der Waals surface area (Å²) < 4.78 is 19.1. The number of carbonyl (C=O) groups excluding carboxylic acids is 1. The van der Waals surface area contributed by atoms with Crippen molar-refractivity contribution in [2.75, 3.05) is 0 Å². The highest BCUT2D eigenvalue weighted by molar-refractivity contribution is 5.85. The van der Waals surface area contributed by atoms with Crippen molar-refractivity contribution < 1.29 is 13.6 Å². The molecule has 1 aromatic heterocycles. The molecule has 3 rings (SSSR count). The van der Waals surface area contributed by atoms with Crippen molar-refractivity contribution in [1.82, 2.24) is 0 Å². The number of hydrogen-bond acceptors (Lipinski definition) is 2. The van der Waals surface area contributed by atoms with Crippen LogP contribution in [-0.2, 0) is 4.79 Å². The summed E-state index contributed by atoms with van der Waals surface area (Å²) in [6.45, 7) is 2.08. The summed E-state index contributed by atoms with van der Waals surface area (Å²) >= 11 is 0. The Morgan fingerprint density at radius 1 is 1.45 bits per heavy atom. The van der Waals surface area contributed by atoms with Crippen LogP contribution in [0.5, 0.6) is 0 Å². The number of carbonyl (C=O) groups is 1. The molecule has 1 saturated carbocycles. The third kappa shape index (κ3) is 1.99. The van der Waals surface area contributed by atoms with Crippen LogP contribution >= 0.6 is 0 Å². The highest BCUT2D eigenvalue weighted by Gasteiger charge is 2.55. The summed E-state index contributed by atoms with van der Waals surface area (Å²) in [6, 6.07) is 6.31. The van der Waals surface area contributed by atoms with Crippen LogP contribution in [-0.4, -0.2) is 5.91 Å². The van der Waals surface area contributed by atoms with Gasteiger partial charge < -0.3 is 10.2 Å². The lowest BCUT2D eigenvalue weighted by Gasteiger charge is -2.21. The SMILES string of the molecule is CCC[C@@H](c1cc2cc(F)ccc2o1)C1(C(N)=O)CC1. The predicted molar refractivity (Wildman–Crippen MR) is 74.7 cm³/mol. The van der Waals surface area contributed by atoms with Crippen molar-refractivity contribution in [2.24, 2.45) is 11.1 Å². The van der Waals surface area contributed by atoms with E-state index in [-0.39, 0.29) is 17.6 Å². The molecule has 1 aromatic carbocycles. The second-order valence-electron chi connectivity index (χ2n) is 5.69. The van der Waals surface area contributed by atoms with Crippen LogP contribution in [0.1, 0.15) is 44.3 Å². The van der Waals surface area contributed by atoms with Crippen LogP contribution in [0.3, 0.4) is 0 Å². The fourth-order valence-corrected chi connectivity index (χ4v) is 3.09. The average molecular weight is 275 g/mol. The van der Waals surface area contributed by atoms with Crippen molar-refractivity contribution in [2.45, 2.75) is 38.5 Å². The Balaban J connectivity index is 2.03. The molecule has 0 radical (unpaired) electrons. The van der Waals surface area contributed by atoms with Gasteiger partial charge in [-0.3, -0.25) is 4.79 Å². The highest BCUT2D eigenvalue weighted by atomic mass is 19.1. The van der Waals surface area contributed by atoms with Gasteiger partial charge in [0.2, 0.25) is 5.91 Å². The fourth-order valence-electron chi connectivity index (χ4n) is 3.09. The fraction of sp³-hybridized carbons (Fsp3) is 0.438. The first-order valence-corrected chi connectivity index (χ1v) is 7.06. The molecule has 2 N–H and O–H groups in total. The van der Waals surface area contributed by atoms with E-state index >= 15 is 0 Å². The minimum Gasteiger partial charge on any atom is -0.461 e. The van der Waals surface area contributed by atoms with Crippen LogP contribution in [0.15, 0.2) is 28.7 Å². The molecule has 1 heterocycles. The second kappa shape index (κ2) is 4.62. The summed E-state index contributed by atoms with van der Waals surface area (Å²) in [5, 5.41) is 0.737. The minimum atomic E-state index is -0.456. The zero-order valence-corrected chi connectivity index (χ0v) is 11.5. The number of amides is 1. The largest absolute Gasteiger partial charge is 0.461 e. The molecule has 1 atom stereocenters. The number of rotatable bonds is 5. The molecule has 0 aliphatic heterocycles. The van der Waals surface area contributed by atoms with E-state index in [2.05, 4.69) is 6.92 Å². The van der Waals surface area contributed by atoms with E-state index in [4.69, 9.17) is 10.2 Å². The molecule has 2 aromatic rings. The quantitative estimate of drug-likeness (QED) is 0.904. The predicted octanol–water partition coefficient (Wildman–Crippen LogP) is 3.72. The first kappa shape index (κ1) is 13.2. The third-order valence-corrected chi connectivity index (χ3v) is 4.36. The summed E-state index contributed by atoms with van der Waals surface area (Å²) in [7, 11) is 0. The van der Waals surface area contributed by atoms with Gasteiger partial charge in [0.1, 0.15) is 17.2 Å². The summed E-state index contributed by atoms with van der Waals surface area (Å²) in [6.07, 6.45) is 3.44. The van der Waals surface area contributed by atoms with E-state index in [1.54, 1.807) is 6.07 Å². The zero-order valence-electron chi connectivity index (χ0n) is 11.5. The van der Waals surface area contributed by atoms with E-state index < -0.39 is 5.41 Å². The molecule has 3 nitrogen and oxygen atoms in total. The molecule has 1 amide bonds. The first-order chi connectivity index (χ1) is 9.56. The van der Waals surface area contributed by atoms with Gasteiger partial charge in [-0.2, -0.15) is 0 Å². The Kier molecular flexibility index (Phi) is 3.04. The van der Waals surface area contributed by atoms with Gasteiger partial charge in [0, 0.05) is 11.3 Å². The van der Waals surface area contributed by atoms with E-state index in [1.165, 1.54) is 12.1 Å². The van der Waals surface area contributed by atoms with Crippen LogP contribution in [0.4, 0.5) is 4.39 Å². The van der Waals surface area contributed by atoms with Crippen molar-refractivity contribution in [1.29, 1.82) is 0 Å². The summed E-state index contributed by atoms with van der Waals surface area (Å²) in [5.74, 6) is 0.222. The highest BCUT2D eigenvalue weighted by Crippen LogP contribution is 2.58. The lowest BCUT2D eigenvalue weighted by molar-refractivity contribution is -0.124. The number of halogens is 1. The van der Waals surface area contributed by atoms with Gasteiger partial charge in [-0.25, -0.2) is 4.39 Å². The molecule has 4 heteroatoms. The Bertz CT molecular complexity index is 658. The van der Waals surface area contributed by atoms with Gasteiger partial charge in [-0.15, -0.1) is 0 Å². The molecule has 1 aliphatic rings. The standard InChI is InChI=1S/C16H18FNO2/c1-2-3-12(16(6-7-16)15(18)19)14-9-10-8-11(17)4-5-13(10)20-14/h4-5,8-9,12H,2-3,6-7H2,1H3,(H2,18,19)/t12-/m0/s1. The molecule has 1 fully saturated rings. The van der Waals surface area contributed by atoms with Crippen molar-refractivity contribution in [3.63, 3.8) is 0 Å². The van der Waals surface area contributed by atoms with Gasteiger partial charge >= 0.3 is 0 Å². The van der Waals surface area contributed by atoms with Gasteiger partial charge in [-0.05, 0) is 43.5 Å². The van der Waals surface area contributed by atoms with Gasteiger partial charge in [0.05, 0.1) is 5.41 Å². The maximum absolute atomic E-state index is 13.3. The van der Waals surface area contributed by atoms with E-state index in [9.17, 15) is 9.18 Å². The molecule has 1 aliphatic carbocycles. The Hall–Kier alpha value is -1.84. The van der Waals surface area contributed by atoms with Crippen molar-refractivity contribution in [3.05, 3.63) is 35.8 Å². The molecule has 0 spiro atoms. The number of hydrogen-bond donors (Lipinski definition) is 1. The molecule has 20 heavy (non-hydrogen) atoms. The normalized spacial score (nSPS) is 18.1. The van der Waals surface area contributed by atoms with E-state index in [1.807, 2.05) is 6.07 Å². The van der Waals surface area contributed by atoms with Crippen molar-refractivity contribution >= 4 is 16.9 Å². The third-order valence-electron chi connectivity index (χ3n) is 4.36. The number of furan rings is 1. The zero-order chi connectivity index (χ0) is 14.3. The number of nitrogens with two attached hydrogens (primary N) is 1. The first-order valence-electron chi connectivity index (χ1n) is 7.06. The van der Waals surface area contributed by atoms with Gasteiger partial charge in [0.25, 0.3) is 0 Å². The topological polar surface area (TPSA) is 56.2 Å². The monoisotopic (exact) mass is 275 g/mol. The van der Waals surface area contributed by atoms with Crippen LogP contribution < -0.4 is 5.73 Å². The molecular weight excluding hydrogens is 257 g/mol. The smallest absolute Gasteiger partial charge is 0.224 e. The molecule has 0 saturated heterocycles. The van der Waals surface area contributed by atoms with Crippen LogP contribution in [0.2, 0.25) is 0 Å². The summed E-state index contributed by atoms with van der Waals surface area (Å²) in [4.78, 5) is 11.8. The Morgan fingerprint density at radius 3 is 2.80 bits per heavy atom. The van der Waals surface area contributed by atoms with Crippen molar-refractivity contribution in [3.8, 4) is 0 Å². The second-order valence-corrected chi connectivity index (χ2v) is 5.69. The van der Waals surface area contributed by atoms with E-state index in [0.29, 0.717) is 5.58 Å². The molecular formula is C16H18FNO2. The van der Waals surface area contributed by atoms with E-state index in [0.717, 1.165) is 36.8 Å². The minimum absolute atomic E-state index is 0.000427. The molecule has 0 bridgehead atoms. The Morgan fingerprint density at radius 2 is 2.20 bits per heavy atom. The molecule has 106 valence electrons. The van der Waals surface area contributed by atoms with Crippen LogP contribution in [0.25, 0.3) is 11.0 Å². The molecule has 0 unspecified atom stereocenters.